The van der Waals surface area contributed by atoms with Crippen LogP contribution in [0.25, 0.3) is 0 Å². The highest BCUT2D eigenvalue weighted by atomic mass is 16.7. The molecule has 1 aliphatic heterocycles. The Hall–Kier alpha value is -2.82. The molecular formula is C17H16N2O3. The molecule has 0 aromatic heterocycles. The molecule has 0 aliphatic carbocycles. The van der Waals surface area contributed by atoms with Crippen LogP contribution >= 0.6 is 0 Å². The van der Waals surface area contributed by atoms with Crippen LogP contribution in [-0.4, -0.2) is 18.4 Å². The summed E-state index contributed by atoms with van der Waals surface area (Å²) >= 11 is 0. The third kappa shape index (κ3) is 2.93. The Balaban J connectivity index is 1.71. The van der Waals surface area contributed by atoms with E-state index in [9.17, 15) is 4.79 Å². The van der Waals surface area contributed by atoms with Crippen molar-refractivity contribution in [3.63, 3.8) is 0 Å². The number of fused-ring (bicyclic) bond motifs is 1. The first-order chi connectivity index (χ1) is 10.6. The van der Waals surface area contributed by atoms with E-state index >= 15 is 0 Å². The summed E-state index contributed by atoms with van der Waals surface area (Å²) in [4.78, 5) is 12.1. The monoisotopic (exact) mass is 296 g/mol. The van der Waals surface area contributed by atoms with Crippen LogP contribution in [0.3, 0.4) is 0 Å². The third-order valence-corrected chi connectivity index (χ3v) is 3.43. The molecule has 0 saturated heterocycles. The van der Waals surface area contributed by atoms with E-state index < -0.39 is 0 Å². The van der Waals surface area contributed by atoms with Crippen molar-refractivity contribution in [1.29, 1.82) is 0 Å². The van der Waals surface area contributed by atoms with E-state index in [1.54, 1.807) is 18.2 Å². The van der Waals surface area contributed by atoms with Crippen molar-refractivity contribution in [2.45, 2.75) is 13.8 Å². The number of carbonyl (C=O) groups excluding carboxylic acids is 1. The van der Waals surface area contributed by atoms with Gasteiger partial charge in [-0.15, -0.1) is 0 Å². The predicted molar refractivity (Wildman–Crippen MR) is 83.4 cm³/mol. The van der Waals surface area contributed by atoms with Crippen LogP contribution in [-0.2, 0) is 0 Å². The van der Waals surface area contributed by atoms with E-state index in [0.717, 1.165) is 11.3 Å². The molecule has 0 radical (unpaired) electrons. The zero-order chi connectivity index (χ0) is 15.5. The van der Waals surface area contributed by atoms with Gasteiger partial charge in [-0.05, 0) is 37.6 Å². The van der Waals surface area contributed by atoms with Crippen molar-refractivity contribution >= 4 is 11.6 Å². The third-order valence-electron chi connectivity index (χ3n) is 3.43. The predicted octanol–water partition coefficient (Wildman–Crippen LogP) is 2.88. The Bertz CT molecular complexity index is 736. The average Bonchev–Trinajstić information content (AvgIpc) is 3.00. The van der Waals surface area contributed by atoms with Crippen molar-refractivity contribution in [2.24, 2.45) is 5.10 Å². The smallest absolute Gasteiger partial charge is 0.271 e. The van der Waals surface area contributed by atoms with Crippen LogP contribution in [0, 0.1) is 6.92 Å². The molecule has 5 heteroatoms. The minimum absolute atomic E-state index is 0.186. The molecule has 0 bridgehead atoms. The fourth-order valence-electron chi connectivity index (χ4n) is 2.10. The number of benzene rings is 2. The summed E-state index contributed by atoms with van der Waals surface area (Å²) in [6.07, 6.45) is 0. The number of hydrogen-bond acceptors (Lipinski definition) is 4. The lowest BCUT2D eigenvalue weighted by Crippen LogP contribution is -2.19. The number of nitrogens with one attached hydrogen (secondary N) is 1. The fraction of sp³-hybridized carbons (Fsp3) is 0.176. The van der Waals surface area contributed by atoms with Crippen molar-refractivity contribution in [3.8, 4) is 11.5 Å². The molecule has 22 heavy (non-hydrogen) atoms. The first kappa shape index (κ1) is 14.1. The van der Waals surface area contributed by atoms with E-state index in [1.165, 1.54) is 5.56 Å². The van der Waals surface area contributed by atoms with E-state index in [2.05, 4.69) is 10.5 Å². The summed E-state index contributed by atoms with van der Waals surface area (Å²) in [6.45, 7) is 4.06. The second kappa shape index (κ2) is 5.89. The maximum Gasteiger partial charge on any atom is 0.271 e. The van der Waals surface area contributed by atoms with Gasteiger partial charge in [-0.3, -0.25) is 4.79 Å². The standard InChI is InChI=1S/C17H16N2O3/c1-11-3-5-13(6-4-11)12(2)18-19-17(20)14-7-8-15-16(9-14)22-10-21-15/h3-9H,10H2,1-2H3,(H,19,20). The molecule has 1 amide bonds. The quantitative estimate of drug-likeness (QED) is 0.700. The van der Waals surface area contributed by atoms with Crippen LogP contribution in [0.2, 0.25) is 0 Å². The Morgan fingerprint density at radius 1 is 1.05 bits per heavy atom. The molecule has 112 valence electrons. The Morgan fingerprint density at radius 3 is 2.50 bits per heavy atom. The van der Waals surface area contributed by atoms with E-state index in [1.807, 2.05) is 38.1 Å². The second-order valence-electron chi connectivity index (χ2n) is 5.07. The van der Waals surface area contributed by atoms with Gasteiger partial charge in [0.15, 0.2) is 11.5 Å². The number of ether oxygens (including phenoxy) is 2. The zero-order valence-electron chi connectivity index (χ0n) is 12.4. The van der Waals surface area contributed by atoms with Crippen molar-refractivity contribution in [2.75, 3.05) is 6.79 Å². The van der Waals surface area contributed by atoms with Crippen molar-refractivity contribution in [1.82, 2.24) is 5.43 Å². The zero-order valence-corrected chi connectivity index (χ0v) is 12.4. The largest absolute Gasteiger partial charge is 0.454 e. The average molecular weight is 296 g/mol. The number of hydrazone groups is 1. The second-order valence-corrected chi connectivity index (χ2v) is 5.07. The lowest BCUT2D eigenvalue weighted by molar-refractivity contribution is 0.0954. The van der Waals surface area contributed by atoms with Gasteiger partial charge in [-0.25, -0.2) is 5.43 Å². The van der Waals surface area contributed by atoms with Crippen molar-refractivity contribution < 1.29 is 14.3 Å². The number of carbonyl (C=O) groups is 1. The van der Waals surface area contributed by atoms with Gasteiger partial charge < -0.3 is 9.47 Å². The van der Waals surface area contributed by atoms with E-state index in [0.29, 0.717) is 17.1 Å². The molecule has 1 aliphatic rings. The summed E-state index contributed by atoms with van der Waals surface area (Å²) < 4.78 is 10.5. The number of rotatable bonds is 3. The topological polar surface area (TPSA) is 59.9 Å². The minimum atomic E-state index is -0.287. The maximum absolute atomic E-state index is 12.1. The van der Waals surface area contributed by atoms with Gasteiger partial charge >= 0.3 is 0 Å². The minimum Gasteiger partial charge on any atom is -0.454 e. The normalized spacial score (nSPS) is 13.1. The van der Waals surface area contributed by atoms with Crippen LogP contribution in [0.5, 0.6) is 11.5 Å². The first-order valence-corrected chi connectivity index (χ1v) is 6.95. The highest BCUT2D eigenvalue weighted by Crippen LogP contribution is 2.32. The van der Waals surface area contributed by atoms with Crippen LogP contribution in [0.15, 0.2) is 47.6 Å². The fourth-order valence-corrected chi connectivity index (χ4v) is 2.10. The number of nitrogens with zero attached hydrogens (tertiary/aromatic N) is 1. The van der Waals surface area contributed by atoms with Gasteiger partial charge in [-0.2, -0.15) is 5.10 Å². The molecule has 0 saturated carbocycles. The Kier molecular flexibility index (Phi) is 3.78. The maximum atomic E-state index is 12.1. The van der Waals surface area contributed by atoms with Gasteiger partial charge in [0.05, 0.1) is 5.71 Å². The molecular weight excluding hydrogens is 280 g/mol. The molecule has 1 N–H and O–H groups in total. The number of aryl methyl sites for hydroxylation is 1. The van der Waals surface area contributed by atoms with Crippen LogP contribution < -0.4 is 14.9 Å². The van der Waals surface area contributed by atoms with Gasteiger partial charge in [0.2, 0.25) is 6.79 Å². The first-order valence-electron chi connectivity index (χ1n) is 6.95. The Morgan fingerprint density at radius 2 is 1.73 bits per heavy atom. The molecule has 2 aromatic carbocycles. The lowest BCUT2D eigenvalue weighted by atomic mass is 10.1. The van der Waals surface area contributed by atoms with Crippen molar-refractivity contribution in [3.05, 3.63) is 59.2 Å². The van der Waals surface area contributed by atoms with E-state index in [4.69, 9.17) is 9.47 Å². The highest BCUT2D eigenvalue weighted by Gasteiger charge is 2.15. The summed E-state index contributed by atoms with van der Waals surface area (Å²) in [5, 5.41) is 4.14. The lowest BCUT2D eigenvalue weighted by Gasteiger charge is -2.04. The van der Waals surface area contributed by atoms with E-state index in [-0.39, 0.29) is 12.7 Å². The van der Waals surface area contributed by atoms with Gasteiger partial charge in [-0.1, -0.05) is 29.8 Å². The SMILES string of the molecule is CC(=NNC(=O)c1ccc2c(c1)OCO2)c1ccc(C)cc1. The highest BCUT2D eigenvalue weighted by molar-refractivity contribution is 6.01. The molecule has 2 aromatic rings. The van der Waals surface area contributed by atoms with Gasteiger partial charge in [0.1, 0.15) is 0 Å². The molecule has 0 unspecified atom stereocenters. The van der Waals surface area contributed by atoms with Gasteiger partial charge in [0.25, 0.3) is 5.91 Å². The number of hydrogen-bond donors (Lipinski definition) is 1. The summed E-state index contributed by atoms with van der Waals surface area (Å²) in [7, 11) is 0. The van der Waals surface area contributed by atoms with Gasteiger partial charge in [0, 0.05) is 5.56 Å². The van der Waals surface area contributed by atoms with Crippen LogP contribution in [0.1, 0.15) is 28.4 Å². The molecule has 0 atom stereocenters. The molecule has 1 heterocycles. The van der Waals surface area contributed by atoms with Crippen LogP contribution in [0.4, 0.5) is 0 Å². The number of amides is 1. The summed E-state index contributed by atoms with van der Waals surface area (Å²) in [5.74, 6) is 0.938. The molecule has 0 spiro atoms. The molecule has 3 rings (SSSR count). The summed E-state index contributed by atoms with van der Waals surface area (Å²) in [6, 6.07) is 13.0. The molecule has 0 fully saturated rings. The Labute approximate surface area is 128 Å². The molecule has 5 nitrogen and oxygen atoms in total. The summed E-state index contributed by atoms with van der Waals surface area (Å²) in [5.41, 5.74) is 5.93.